The number of aryl methyl sites for hydroxylation is 1. The van der Waals surface area contributed by atoms with E-state index in [1.165, 1.54) is 5.56 Å². The molecule has 0 bridgehead atoms. The summed E-state index contributed by atoms with van der Waals surface area (Å²) in [5.74, 6) is -2.19. The monoisotopic (exact) mass is 481 g/mol. The smallest absolute Gasteiger partial charge is 0.249 e. The topological polar surface area (TPSA) is 145 Å². The summed E-state index contributed by atoms with van der Waals surface area (Å²) < 4.78 is 18.0. The highest BCUT2D eigenvalue weighted by atomic mass is 16.8. The van der Waals surface area contributed by atoms with Gasteiger partial charge in [0.05, 0.1) is 24.3 Å². The molecule has 0 amide bonds. The molecule has 192 valence electrons. The van der Waals surface area contributed by atoms with Crippen molar-refractivity contribution in [3.8, 4) is 0 Å². The molecular formula is C24H39N3O7. The van der Waals surface area contributed by atoms with E-state index in [9.17, 15) is 20.4 Å². The zero-order valence-electron chi connectivity index (χ0n) is 20.1. The Bertz CT molecular complexity index is 804. The average Bonchev–Trinajstić information content (AvgIpc) is 2.80. The number of hydrogen-bond acceptors (Lipinski definition) is 10. The number of likely N-dealkylation sites (N-methyl/N-ethyl adjacent to an activating group) is 2. The number of hydrogen-bond donors (Lipinski definition) is 7. The van der Waals surface area contributed by atoms with Crippen LogP contribution in [0.4, 0.5) is 0 Å². The lowest BCUT2D eigenvalue weighted by molar-refractivity contribution is -0.482. The van der Waals surface area contributed by atoms with Crippen LogP contribution in [0.5, 0.6) is 0 Å². The minimum atomic E-state index is -2.19. The van der Waals surface area contributed by atoms with Gasteiger partial charge in [-0.05, 0) is 46.0 Å². The van der Waals surface area contributed by atoms with Crippen molar-refractivity contribution >= 4 is 0 Å². The molecule has 0 radical (unpaired) electrons. The van der Waals surface area contributed by atoms with Crippen molar-refractivity contribution in [1.82, 2.24) is 16.0 Å². The quantitative estimate of drug-likeness (QED) is 0.218. The van der Waals surface area contributed by atoms with E-state index < -0.39 is 60.3 Å². The molecule has 10 atom stereocenters. The Balaban J connectivity index is 1.47. The van der Waals surface area contributed by atoms with Crippen LogP contribution in [0.3, 0.4) is 0 Å². The molecule has 1 saturated carbocycles. The summed E-state index contributed by atoms with van der Waals surface area (Å²) >= 11 is 0. The minimum Gasteiger partial charge on any atom is -0.390 e. The van der Waals surface area contributed by atoms with Gasteiger partial charge in [-0.15, -0.1) is 0 Å². The van der Waals surface area contributed by atoms with Crippen LogP contribution < -0.4 is 16.0 Å². The Morgan fingerprint density at radius 3 is 2.35 bits per heavy atom. The first-order valence-electron chi connectivity index (χ1n) is 12.1. The molecule has 10 nitrogen and oxygen atoms in total. The van der Waals surface area contributed by atoms with Crippen molar-refractivity contribution < 1.29 is 34.6 Å². The Morgan fingerprint density at radius 1 is 0.971 bits per heavy atom. The Labute approximate surface area is 200 Å². The van der Waals surface area contributed by atoms with Crippen molar-refractivity contribution in [2.45, 2.75) is 86.5 Å². The van der Waals surface area contributed by atoms with Crippen LogP contribution >= 0.6 is 0 Å². The van der Waals surface area contributed by atoms with E-state index in [0.717, 1.165) is 12.8 Å². The fraction of sp³-hybridized carbons (Fsp3) is 0.750. The number of fused-ring (bicyclic) bond motifs is 2. The molecule has 3 fully saturated rings. The van der Waals surface area contributed by atoms with Crippen LogP contribution in [0.25, 0.3) is 0 Å². The molecule has 2 aliphatic heterocycles. The molecule has 2 saturated heterocycles. The second-order valence-electron chi connectivity index (χ2n) is 9.77. The van der Waals surface area contributed by atoms with Gasteiger partial charge in [0, 0.05) is 13.0 Å². The molecule has 1 aromatic carbocycles. The summed E-state index contributed by atoms with van der Waals surface area (Å²) in [5.41, 5.74) is -0.468. The van der Waals surface area contributed by atoms with Crippen molar-refractivity contribution in [2.24, 2.45) is 0 Å². The first-order valence-corrected chi connectivity index (χ1v) is 12.1. The van der Waals surface area contributed by atoms with Gasteiger partial charge in [-0.1, -0.05) is 30.3 Å². The van der Waals surface area contributed by atoms with Crippen molar-refractivity contribution in [3.63, 3.8) is 0 Å². The van der Waals surface area contributed by atoms with Crippen LogP contribution in [0.15, 0.2) is 30.3 Å². The van der Waals surface area contributed by atoms with Crippen molar-refractivity contribution in [1.29, 1.82) is 0 Å². The number of benzene rings is 1. The molecule has 10 unspecified atom stereocenters. The summed E-state index contributed by atoms with van der Waals surface area (Å²) in [5, 5.41) is 54.1. The van der Waals surface area contributed by atoms with Gasteiger partial charge >= 0.3 is 0 Å². The standard InChI is InChI=1S/C24H39N3O7/c1-14-12-23(30,13-27-11-7-10-15-8-5-4-6-9-15)24(31)22(32-14)33-21-19(29)16(25-2)18(28)17(26-3)20(21)34-24/h4-6,8-9,14,16-22,25-31H,7,10-13H2,1-3H3. The lowest BCUT2D eigenvalue weighted by Crippen LogP contribution is -2.81. The Hall–Kier alpha value is -1.18. The van der Waals surface area contributed by atoms with Crippen molar-refractivity contribution in [3.05, 3.63) is 35.9 Å². The Kier molecular flexibility index (Phi) is 7.95. The van der Waals surface area contributed by atoms with Crippen LogP contribution in [0.2, 0.25) is 0 Å². The van der Waals surface area contributed by atoms with Crippen LogP contribution in [-0.2, 0) is 20.6 Å². The third kappa shape index (κ3) is 4.64. The summed E-state index contributed by atoms with van der Waals surface area (Å²) in [7, 11) is 3.31. The fourth-order valence-corrected chi connectivity index (χ4v) is 5.59. The second-order valence-corrected chi connectivity index (χ2v) is 9.77. The van der Waals surface area contributed by atoms with Gasteiger partial charge in [0.15, 0.2) is 0 Å². The molecule has 3 aliphatic rings. The second kappa shape index (κ2) is 10.4. The summed E-state index contributed by atoms with van der Waals surface area (Å²) in [6.45, 7) is 2.50. The number of nitrogens with one attached hydrogen (secondary N) is 3. The minimum absolute atomic E-state index is 0.0672. The van der Waals surface area contributed by atoms with E-state index in [-0.39, 0.29) is 13.0 Å². The molecule has 2 heterocycles. The number of ether oxygens (including phenoxy) is 3. The highest BCUT2D eigenvalue weighted by Gasteiger charge is 2.68. The molecular weight excluding hydrogens is 442 g/mol. The van der Waals surface area contributed by atoms with E-state index in [1.807, 2.05) is 18.2 Å². The normalized spacial score (nSPS) is 44.3. The maximum absolute atomic E-state index is 11.6. The average molecular weight is 482 g/mol. The van der Waals surface area contributed by atoms with Crippen LogP contribution in [0.1, 0.15) is 25.3 Å². The van der Waals surface area contributed by atoms with Crippen LogP contribution in [0, 0.1) is 0 Å². The van der Waals surface area contributed by atoms with Crippen molar-refractivity contribution in [2.75, 3.05) is 27.2 Å². The van der Waals surface area contributed by atoms with E-state index in [2.05, 4.69) is 28.1 Å². The van der Waals surface area contributed by atoms with E-state index >= 15 is 0 Å². The highest BCUT2D eigenvalue weighted by molar-refractivity contribution is 5.15. The fourth-order valence-electron chi connectivity index (χ4n) is 5.59. The maximum Gasteiger partial charge on any atom is 0.249 e. The van der Waals surface area contributed by atoms with E-state index in [0.29, 0.717) is 6.54 Å². The molecule has 1 aromatic rings. The van der Waals surface area contributed by atoms with Gasteiger partial charge in [-0.25, -0.2) is 0 Å². The number of rotatable bonds is 8. The number of aliphatic hydroxyl groups excluding tert-OH is 2. The molecule has 34 heavy (non-hydrogen) atoms. The Morgan fingerprint density at radius 2 is 1.68 bits per heavy atom. The SMILES string of the molecule is CNC1C(O)C(NC)C2OC3(O)C(OC(C)CC3(O)CNCCCc3ccccc3)OC2C1O. The molecule has 1 aliphatic carbocycles. The molecule has 0 spiro atoms. The lowest BCUT2D eigenvalue weighted by Gasteiger charge is -2.60. The summed E-state index contributed by atoms with van der Waals surface area (Å²) in [4.78, 5) is 0. The van der Waals surface area contributed by atoms with E-state index in [1.54, 1.807) is 21.0 Å². The highest BCUT2D eigenvalue weighted by Crippen LogP contribution is 2.46. The zero-order chi connectivity index (χ0) is 24.5. The predicted octanol–water partition coefficient (Wildman–Crippen LogP) is -1.54. The summed E-state index contributed by atoms with van der Waals surface area (Å²) in [6, 6.07) is 8.84. The van der Waals surface area contributed by atoms with Gasteiger partial charge in [0.25, 0.3) is 0 Å². The predicted molar refractivity (Wildman–Crippen MR) is 124 cm³/mol. The number of aliphatic hydroxyl groups is 4. The van der Waals surface area contributed by atoms with Crippen LogP contribution in [-0.4, -0.2) is 108 Å². The van der Waals surface area contributed by atoms with Gasteiger partial charge in [-0.3, -0.25) is 0 Å². The molecule has 4 rings (SSSR count). The maximum atomic E-state index is 11.6. The molecule has 0 aromatic heterocycles. The first kappa shape index (κ1) is 25.9. The largest absolute Gasteiger partial charge is 0.390 e. The molecule has 7 N–H and O–H groups in total. The molecule has 10 heteroatoms. The third-order valence-electron chi connectivity index (χ3n) is 7.43. The first-order chi connectivity index (χ1) is 16.2. The van der Waals surface area contributed by atoms with Gasteiger partial charge in [0.1, 0.15) is 23.9 Å². The van der Waals surface area contributed by atoms with Gasteiger partial charge < -0.3 is 50.6 Å². The van der Waals surface area contributed by atoms with Gasteiger partial charge in [0.2, 0.25) is 12.1 Å². The lowest BCUT2D eigenvalue weighted by atomic mass is 9.77. The van der Waals surface area contributed by atoms with Gasteiger partial charge in [-0.2, -0.15) is 0 Å². The summed E-state index contributed by atoms with van der Waals surface area (Å²) in [6.07, 6.45) is -3.73. The zero-order valence-corrected chi connectivity index (χ0v) is 20.1. The van der Waals surface area contributed by atoms with E-state index in [4.69, 9.17) is 14.2 Å². The third-order valence-corrected chi connectivity index (χ3v) is 7.43.